The van der Waals surface area contributed by atoms with Gasteiger partial charge in [-0.3, -0.25) is 9.89 Å². The van der Waals surface area contributed by atoms with Gasteiger partial charge in [0.2, 0.25) is 0 Å². The third kappa shape index (κ3) is 4.88. The fourth-order valence-corrected chi connectivity index (χ4v) is 2.54. The number of carbonyl (C=O) groups is 1. The minimum Gasteiger partial charge on any atom is -0.444 e. The van der Waals surface area contributed by atoms with Crippen LogP contribution in [0.15, 0.2) is 4.99 Å². The Morgan fingerprint density at radius 2 is 2.29 bits per heavy atom. The SMILES string of the molecule is CC(NC1=NCCN(C(=O)OC(C)(C)C)C1)C1CCCO1. The summed E-state index contributed by atoms with van der Waals surface area (Å²) in [6.07, 6.45) is 2.16. The van der Waals surface area contributed by atoms with Crippen LogP contribution in [0.25, 0.3) is 0 Å². The summed E-state index contributed by atoms with van der Waals surface area (Å²) >= 11 is 0. The lowest BCUT2D eigenvalue weighted by atomic mass is 10.1. The van der Waals surface area contributed by atoms with E-state index in [0.29, 0.717) is 19.6 Å². The number of hydrogen-bond donors (Lipinski definition) is 1. The van der Waals surface area contributed by atoms with Crippen molar-refractivity contribution < 1.29 is 14.3 Å². The molecular formula is C15H27N3O3. The normalized spacial score (nSPS) is 24.5. The topological polar surface area (TPSA) is 63.2 Å². The Kier molecular flexibility index (Phi) is 5.08. The first-order valence-electron chi connectivity index (χ1n) is 7.74. The van der Waals surface area contributed by atoms with E-state index >= 15 is 0 Å². The fourth-order valence-electron chi connectivity index (χ4n) is 2.54. The van der Waals surface area contributed by atoms with Crippen molar-refractivity contribution in [2.24, 2.45) is 4.99 Å². The lowest BCUT2D eigenvalue weighted by Crippen LogP contribution is -2.50. The standard InChI is InChI=1S/C15H27N3O3/c1-11(12-6-5-9-20-12)17-13-10-18(8-7-16-13)14(19)21-15(2,3)4/h11-12H,5-10H2,1-4H3,(H,16,17). The highest BCUT2D eigenvalue weighted by Crippen LogP contribution is 2.16. The molecule has 2 heterocycles. The average molecular weight is 297 g/mol. The van der Waals surface area contributed by atoms with Gasteiger partial charge in [-0.15, -0.1) is 0 Å². The summed E-state index contributed by atoms with van der Waals surface area (Å²) in [4.78, 5) is 18.3. The molecule has 1 amide bonds. The molecule has 6 nitrogen and oxygen atoms in total. The van der Waals surface area contributed by atoms with E-state index in [4.69, 9.17) is 9.47 Å². The molecule has 0 saturated carbocycles. The summed E-state index contributed by atoms with van der Waals surface area (Å²) in [6, 6.07) is 0.213. The molecular weight excluding hydrogens is 270 g/mol. The number of nitrogens with one attached hydrogen (secondary N) is 1. The zero-order chi connectivity index (χ0) is 15.5. The van der Waals surface area contributed by atoms with Crippen molar-refractivity contribution in [3.8, 4) is 0 Å². The monoisotopic (exact) mass is 297 g/mol. The van der Waals surface area contributed by atoms with Gasteiger partial charge in [0.25, 0.3) is 0 Å². The van der Waals surface area contributed by atoms with Crippen LogP contribution in [0.5, 0.6) is 0 Å². The van der Waals surface area contributed by atoms with E-state index in [0.717, 1.165) is 25.3 Å². The van der Waals surface area contributed by atoms with Crippen molar-refractivity contribution in [1.82, 2.24) is 10.2 Å². The van der Waals surface area contributed by atoms with Crippen LogP contribution < -0.4 is 5.32 Å². The second-order valence-electron chi connectivity index (χ2n) is 6.71. The van der Waals surface area contributed by atoms with Crippen molar-refractivity contribution in [2.45, 2.75) is 58.3 Å². The van der Waals surface area contributed by atoms with Crippen molar-refractivity contribution in [2.75, 3.05) is 26.2 Å². The van der Waals surface area contributed by atoms with Crippen molar-refractivity contribution in [3.05, 3.63) is 0 Å². The van der Waals surface area contributed by atoms with Gasteiger partial charge in [-0.2, -0.15) is 0 Å². The Labute approximate surface area is 126 Å². The van der Waals surface area contributed by atoms with Crippen LogP contribution in [0.1, 0.15) is 40.5 Å². The summed E-state index contributed by atoms with van der Waals surface area (Å²) in [5.74, 6) is 0.843. The zero-order valence-electron chi connectivity index (χ0n) is 13.5. The van der Waals surface area contributed by atoms with Gasteiger partial charge < -0.3 is 14.8 Å². The second-order valence-corrected chi connectivity index (χ2v) is 6.71. The molecule has 1 N–H and O–H groups in total. The summed E-state index contributed by atoms with van der Waals surface area (Å²) in [6.45, 7) is 10.3. The number of aliphatic imine (C=N–C) groups is 1. The van der Waals surface area contributed by atoms with Crippen LogP contribution in [-0.4, -0.2) is 60.8 Å². The Bertz CT molecular complexity index is 397. The molecule has 21 heavy (non-hydrogen) atoms. The average Bonchev–Trinajstić information content (AvgIpc) is 2.91. The van der Waals surface area contributed by atoms with Crippen LogP contribution in [0.2, 0.25) is 0 Å². The molecule has 2 rings (SSSR count). The molecule has 1 saturated heterocycles. The number of hydrogen-bond acceptors (Lipinski definition) is 5. The smallest absolute Gasteiger partial charge is 0.410 e. The molecule has 0 bridgehead atoms. The van der Waals surface area contributed by atoms with Gasteiger partial charge in [-0.05, 0) is 40.5 Å². The van der Waals surface area contributed by atoms with Crippen LogP contribution >= 0.6 is 0 Å². The molecule has 1 fully saturated rings. The third-order valence-electron chi connectivity index (χ3n) is 3.58. The summed E-state index contributed by atoms with van der Waals surface area (Å²) < 4.78 is 11.1. The molecule has 0 spiro atoms. The van der Waals surface area contributed by atoms with Crippen LogP contribution in [0.3, 0.4) is 0 Å². The molecule has 0 aromatic carbocycles. The number of carbonyl (C=O) groups excluding carboxylic acids is 1. The highest BCUT2D eigenvalue weighted by atomic mass is 16.6. The quantitative estimate of drug-likeness (QED) is 0.844. The van der Waals surface area contributed by atoms with Gasteiger partial charge in [-0.1, -0.05) is 0 Å². The van der Waals surface area contributed by atoms with Crippen molar-refractivity contribution in [1.29, 1.82) is 0 Å². The molecule has 0 aromatic rings. The first kappa shape index (κ1) is 16.1. The second kappa shape index (κ2) is 6.64. The summed E-state index contributed by atoms with van der Waals surface area (Å²) in [5.41, 5.74) is -0.468. The number of amidine groups is 1. The Morgan fingerprint density at radius 1 is 1.52 bits per heavy atom. The first-order valence-corrected chi connectivity index (χ1v) is 7.74. The lowest BCUT2D eigenvalue weighted by Gasteiger charge is -2.31. The van der Waals surface area contributed by atoms with E-state index in [-0.39, 0.29) is 18.2 Å². The van der Waals surface area contributed by atoms with E-state index in [1.54, 1.807) is 4.90 Å². The number of ether oxygens (including phenoxy) is 2. The van der Waals surface area contributed by atoms with Gasteiger partial charge in [-0.25, -0.2) is 4.79 Å². The van der Waals surface area contributed by atoms with E-state index < -0.39 is 5.60 Å². The number of rotatable bonds is 2. The van der Waals surface area contributed by atoms with E-state index in [2.05, 4.69) is 17.2 Å². The first-order chi connectivity index (χ1) is 9.85. The highest BCUT2D eigenvalue weighted by molar-refractivity contribution is 5.88. The molecule has 120 valence electrons. The van der Waals surface area contributed by atoms with E-state index in [1.165, 1.54) is 0 Å². The van der Waals surface area contributed by atoms with Crippen molar-refractivity contribution in [3.63, 3.8) is 0 Å². The van der Waals surface area contributed by atoms with E-state index in [1.807, 2.05) is 20.8 Å². The molecule has 0 aromatic heterocycles. The predicted molar refractivity (Wildman–Crippen MR) is 81.7 cm³/mol. The summed E-state index contributed by atoms with van der Waals surface area (Å²) in [5, 5.41) is 3.38. The third-order valence-corrected chi connectivity index (χ3v) is 3.58. The maximum absolute atomic E-state index is 12.1. The van der Waals surface area contributed by atoms with Crippen LogP contribution in [0.4, 0.5) is 4.79 Å². The summed E-state index contributed by atoms with van der Waals surface area (Å²) in [7, 11) is 0. The van der Waals surface area contributed by atoms with Gasteiger partial charge in [0.05, 0.1) is 25.2 Å². The molecule has 2 aliphatic heterocycles. The highest BCUT2D eigenvalue weighted by Gasteiger charge is 2.27. The number of nitrogens with zero attached hydrogens (tertiary/aromatic N) is 2. The zero-order valence-corrected chi connectivity index (χ0v) is 13.5. The molecule has 2 aliphatic rings. The number of amides is 1. The molecule has 0 radical (unpaired) electrons. The van der Waals surface area contributed by atoms with Crippen LogP contribution in [0, 0.1) is 0 Å². The minimum atomic E-state index is -0.468. The van der Waals surface area contributed by atoms with Gasteiger partial charge in [0.1, 0.15) is 11.4 Å². The Morgan fingerprint density at radius 3 is 2.90 bits per heavy atom. The van der Waals surface area contributed by atoms with Crippen molar-refractivity contribution >= 4 is 11.9 Å². The predicted octanol–water partition coefficient (Wildman–Crippen LogP) is 1.79. The van der Waals surface area contributed by atoms with Gasteiger partial charge in [0.15, 0.2) is 0 Å². The lowest BCUT2D eigenvalue weighted by molar-refractivity contribution is 0.0275. The van der Waals surface area contributed by atoms with E-state index in [9.17, 15) is 4.79 Å². The van der Waals surface area contributed by atoms with Gasteiger partial charge in [0, 0.05) is 13.2 Å². The maximum Gasteiger partial charge on any atom is 0.410 e. The molecule has 6 heteroatoms. The fraction of sp³-hybridized carbons (Fsp3) is 0.867. The maximum atomic E-state index is 12.1. The molecule has 2 unspecified atom stereocenters. The largest absolute Gasteiger partial charge is 0.444 e. The molecule has 2 atom stereocenters. The van der Waals surface area contributed by atoms with Crippen LogP contribution in [-0.2, 0) is 9.47 Å². The molecule has 0 aliphatic carbocycles. The Balaban J connectivity index is 1.85. The van der Waals surface area contributed by atoms with Gasteiger partial charge >= 0.3 is 6.09 Å². The Hall–Kier alpha value is -1.30. The minimum absolute atomic E-state index is 0.213.